The summed E-state index contributed by atoms with van der Waals surface area (Å²) in [6.45, 7) is 2.34. The van der Waals surface area contributed by atoms with Crippen molar-refractivity contribution in [3.05, 3.63) is 65.0 Å². The van der Waals surface area contributed by atoms with E-state index >= 15 is 0 Å². The maximum atomic E-state index is 13.3. The number of carbonyl (C=O) groups is 1. The fraction of sp³-hybridized carbons (Fsp3) is 0.435. The molecule has 6 heteroatoms. The zero-order valence-corrected chi connectivity index (χ0v) is 16.5. The Kier molecular flexibility index (Phi) is 6.30. The van der Waals surface area contributed by atoms with E-state index in [1.807, 2.05) is 29.2 Å². The lowest BCUT2D eigenvalue weighted by Gasteiger charge is -2.23. The van der Waals surface area contributed by atoms with Crippen LogP contribution in [0.2, 0.25) is 0 Å². The summed E-state index contributed by atoms with van der Waals surface area (Å²) in [5, 5.41) is 3.15. The number of carbonyl (C=O) groups excluding carboxylic acids is 1. The van der Waals surface area contributed by atoms with Crippen molar-refractivity contribution in [2.75, 3.05) is 13.2 Å². The summed E-state index contributed by atoms with van der Waals surface area (Å²) < 4.78 is 24.8. The number of hydrogen-bond acceptors (Lipinski definition) is 3. The highest BCUT2D eigenvalue weighted by atomic mass is 19.1. The number of nitrogens with one attached hydrogen (secondary N) is 1. The van der Waals surface area contributed by atoms with Crippen LogP contribution in [-0.4, -0.2) is 30.1 Å². The second-order valence-electron chi connectivity index (χ2n) is 7.77. The van der Waals surface area contributed by atoms with E-state index in [0.717, 1.165) is 35.3 Å². The molecule has 1 fully saturated rings. The molecule has 5 nitrogen and oxygen atoms in total. The highest BCUT2D eigenvalue weighted by Gasteiger charge is 2.23. The van der Waals surface area contributed by atoms with E-state index in [9.17, 15) is 9.18 Å². The van der Waals surface area contributed by atoms with E-state index < -0.39 is 0 Å². The molecule has 2 aromatic rings. The summed E-state index contributed by atoms with van der Waals surface area (Å²) in [5.74, 6) is 0.555. The maximum Gasteiger partial charge on any atom is 0.318 e. The van der Waals surface area contributed by atoms with Gasteiger partial charge >= 0.3 is 6.03 Å². The Morgan fingerprint density at radius 3 is 2.72 bits per heavy atom. The van der Waals surface area contributed by atoms with Gasteiger partial charge in [0.15, 0.2) is 0 Å². The molecular weight excluding hydrogens is 371 g/mol. The third kappa shape index (κ3) is 5.26. The average molecular weight is 398 g/mol. The van der Waals surface area contributed by atoms with Crippen molar-refractivity contribution in [3.8, 4) is 5.75 Å². The van der Waals surface area contributed by atoms with Crippen LogP contribution in [0.25, 0.3) is 0 Å². The van der Waals surface area contributed by atoms with Gasteiger partial charge in [-0.3, -0.25) is 0 Å². The molecule has 0 saturated heterocycles. The van der Waals surface area contributed by atoms with Gasteiger partial charge in [-0.05, 0) is 48.2 Å². The zero-order valence-electron chi connectivity index (χ0n) is 16.5. The Morgan fingerprint density at radius 1 is 1.14 bits per heavy atom. The van der Waals surface area contributed by atoms with Gasteiger partial charge in [0.25, 0.3) is 0 Å². The largest absolute Gasteiger partial charge is 0.491 e. The first-order valence-corrected chi connectivity index (χ1v) is 10.3. The molecule has 154 valence electrons. The Bertz CT molecular complexity index is 852. The van der Waals surface area contributed by atoms with Crippen molar-refractivity contribution < 1.29 is 18.7 Å². The molecule has 0 radical (unpaired) electrons. The van der Waals surface area contributed by atoms with Crippen molar-refractivity contribution in [1.29, 1.82) is 0 Å². The summed E-state index contributed by atoms with van der Waals surface area (Å²) in [6, 6.07) is 12.6. The van der Waals surface area contributed by atoms with Crippen LogP contribution in [0.15, 0.2) is 42.5 Å². The van der Waals surface area contributed by atoms with Gasteiger partial charge in [0.1, 0.15) is 18.2 Å². The van der Waals surface area contributed by atoms with Gasteiger partial charge in [0, 0.05) is 11.6 Å². The molecule has 2 aliphatic rings. The minimum atomic E-state index is -0.260. The second-order valence-corrected chi connectivity index (χ2v) is 7.77. The van der Waals surface area contributed by atoms with Crippen LogP contribution in [0, 0.1) is 5.82 Å². The van der Waals surface area contributed by atoms with Crippen LogP contribution in [0.4, 0.5) is 9.18 Å². The lowest BCUT2D eigenvalue weighted by molar-refractivity contribution is 0.107. The minimum Gasteiger partial charge on any atom is -0.491 e. The Hall–Kier alpha value is -2.60. The standard InChI is InChI=1S/C23H27FN2O3/c24-20-5-3-4-17(13-20)15-28-16-18-8-9-22-19(12-18)14-26(10-11-29-22)23(27)25-21-6-1-2-7-21/h3-5,8-9,12-13,21H,1-2,6-7,10-11,14-16H2,(H,25,27). The minimum absolute atomic E-state index is 0.0129. The van der Waals surface area contributed by atoms with Crippen molar-refractivity contribution in [1.82, 2.24) is 10.2 Å². The predicted octanol–water partition coefficient (Wildman–Crippen LogP) is 4.39. The quantitative estimate of drug-likeness (QED) is 0.813. The number of halogens is 1. The van der Waals surface area contributed by atoms with Crippen molar-refractivity contribution in [2.45, 2.75) is 51.5 Å². The van der Waals surface area contributed by atoms with E-state index in [4.69, 9.17) is 9.47 Å². The number of nitrogens with zero attached hydrogens (tertiary/aromatic N) is 1. The monoisotopic (exact) mass is 398 g/mol. The number of urea groups is 1. The van der Waals surface area contributed by atoms with E-state index in [0.29, 0.717) is 39.0 Å². The zero-order chi connectivity index (χ0) is 20.1. The summed E-state index contributed by atoms with van der Waals surface area (Å²) in [6.07, 6.45) is 4.52. The highest BCUT2D eigenvalue weighted by Crippen LogP contribution is 2.25. The molecule has 0 atom stereocenters. The fourth-order valence-corrected chi connectivity index (χ4v) is 3.96. The SMILES string of the molecule is O=C(NC1CCCC1)N1CCOc2ccc(COCc3cccc(F)c3)cc2C1. The fourth-order valence-electron chi connectivity index (χ4n) is 3.96. The predicted molar refractivity (Wildman–Crippen MR) is 108 cm³/mol. The lowest BCUT2D eigenvalue weighted by atomic mass is 10.1. The van der Waals surface area contributed by atoms with Gasteiger partial charge in [-0.25, -0.2) is 9.18 Å². The molecular formula is C23H27FN2O3. The number of rotatable bonds is 5. The van der Waals surface area contributed by atoms with Gasteiger partial charge in [0.05, 0.1) is 26.3 Å². The molecule has 2 aromatic carbocycles. The van der Waals surface area contributed by atoms with Crippen molar-refractivity contribution in [3.63, 3.8) is 0 Å². The van der Waals surface area contributed by atoms with Gasteiger partial charge in [0.2, 0.25) is 0 Å². The molecule has 1 aliphatic carbocycles. The Labute approximate surface area is 170 Å². The van der Waals surface area contributed by atoms with E-state index in [1.165, 1.54) is 25.0 Å². The smallest absolute Gasteiger partial charge is 0.318 e. The van der Waals surface area contributed by atoms with Crippen LogP contribution < -0.4 is 10.1 Å². The van der Waals surface area contributed by atoms with Gasteiger partial charge in [-0.15, -0.1) is 0 Å². The van der Waals surface area contributed by atoms with Crippen LogP contribution >= 0.6 is 0 Å². The number of hydrogen-bond donors (Lipinski definition) is 1. The normalized spacial score (nSPS) is 16.8. The van der Waals surface area contributed by atoms with Crippen LogP contribution in [0.3, 0.4) is 0 Å². The molecule has 1 aliphatic heterocycles. The molecule has 4 rings (SSSR count). The van der Waals surface area contributed by atoms with Gasteiger partial charge in [-0.2, -0.15) is 0 Å². The van der Waals surface area contributed by atoms with E-state index in [1.54, 1.807) is 6.07 Å². The lowest BCUT2D eigenvalue weighted by Crippen LogP contribution is -2.44. The first-order chi connectivity index (χ1) is 14.2. The number of ether oxygens (including phenoxy) is 2. The molecule has 0 unspecified atom stereocenters. The summed E-state index contributed by atoms with van der Waals surface area (Å²) >= 11 is 0. The van der Waals surface area contributed by atoms with Crippen LogP contribution in [0.5, 0.6) is 5.75 Å². The first kappa shape index (κ1) is 19.7. The second kappa shape index (κ2) is 9.27. The highest BCUT2D eigenvalue weighted by molar-refractivity contribution is 5.74. The molecule has 29 heavy (non-hydrogen) atoms. The van der Waals surface area contributed by atoms with Crippen LogP contribution in [-0.2, 0) is 24.5 Å². The Balaban J connectivity index is 1.36. The van der Waals surface area contributed by atoms with E-state index in [2.05, 4.69) is 5.32 Å². The average Bonchev–Trinajstić information content (AvgIpc) is 3.12. The number of fused-ring (bicyclic) bond motifs is 1. The summed E-state index contributed by atoms with van der Waals surface area (Å²) in [4.78, 5) is 14.5. The molecule has 2 amide bonds. The summed E-state index contributed by atoms with van der Waals surface area (Å²) in [5.41, 5.74) is 2.79. The van der Waals surface area contributed by atoms with E-state index in [-0.39, 0.29) is 11.8 Å². The van der Waals surface area contributed by atoms with Gasteiger partial charge in [-0.1, -0.05) is 31.0 Å². The molecule has 0 aromatic heterocycles. The van der Waals surface area contributed by atoms with Gasteiger partial charge < -0.3 is 19.7 Å². The number of benzene rings is 2. The first-order valence-electron chi connectivity index (χ1n) is 10.3. The van der Waals surface area contributed by atoms with Crippen molar-refractivity contribution in [2.24, 2.45) is 0 Å². The topological polar surface area (TPSA) is 50.8 Å². The molecule has 1 saturated carbocycles. The maximum absolute atomic E-state index is 13.3. The van der Waals surface area contributed by atoms with Crippen LogP contribution in [0.1, 0.15) is 42.4 Å². The molecule has 0 spiro atoms. The summed E-state index contributed by atoms with van der Waals surface area (Å²) in [7, 11) is 0. The third-order valence-electron chi connectivity index (χ3n) is 5.50. The van der Waals surface area contributed by atoms with Crippen molar-refractivity contribution >= 4 is 6.03 Å². The molecule has 1 heterocycles. The Morgan fingerprint density at radius 2 is 1.93 bits per heavy atom. The third-order valence-corrected chi connectivity index (χ3v) is 5.50. The number of amides is 2. The molecule has 1 N–H and O–H groups in total. The molecule has 0 bridgehead atoms.